The van der Waals surface area contributed by atoms with E-state index in [1.54, 1.807) is 22.7 Å². The van der Waals surface area contributed by atoms with Crippen LogP contribution in [0.5, 0.6) is 0 Å². The number of rotatable bonds is 5. The molecule has 248 valence electrons. The normalized spacial score (nSPS) is 11.8. The molecule has 0 atom stereocenters. The molecule has 11 aromatic rings. The zero-order valence-corrected chi connectivity index (χ0v) is 29.7. The van der Waals surface area contributed by atoms with Crippen LogP contribution in [0.3, 0.4) is 0 Å². The fraction of sp³-hybridized carbons (Fsp3) is 0. The molecule has 0 aliphatic carbocycles. The van der Waals surface area contributed by atoms with Gasteiger partial charge in [0.15, 0.2) is 17.5 Å². The van der Waals surface area contributed by atoms with Gasteiger partial charge in [-0.05, 0) is 59.7 Å². The van der Waals surface area contributed by atoms with Crippen LogP contribution in [0.2, 0.25) is 0 Å². The van der Waals surface area contributed by atoms with Gasteiger partial charge in [0.2, 0.25) is 0 Å². The number of nitrogens with zero attached hydrogens (tertiary/aromatic N) is 4. The van der Waals surface area contributed by atoms with Gasteiger partial charge in [0.1, 0.15) is 16.2 Å². The summed E-state index contributed by atoms with van der Waals surface area (Å²) >= 11 is 3.49. The summed E-state index contributed by atoms with van der Waals surface area (Å²) in [5.74, 6) is 1.87. The van der Waals surface area contributed by atoms with Gasteiger partial charge in [0, 0.05) is 53.2 Å². The molecule has 7 heteroatoms. The van der Waals surface area contributed by atoms with Crippen molar-refractivity contribution in [2.24, 2.45) is 0 Å². The first kappa shape index (κ1) is 30.1. The molecular formula is C46H26N4OS2. The number of aromatic nitrogens is 4. The van der Waals surface area contributed by atoms with E-state index >= 15 is 0 Å². The van der Waals surface area contributed by atoms with Crippen LogP contribution < -0.4 is 0 Å². The second kappa shape index (κ2) is 12.0. The predicted molar refractivity (Wildman–Crippen MR) is 220 cm³/mol. The number of hydrogen-bond donors (Lipinski definition) is 0. The monoisotopic (exact) mass is 714 g/mol. The molecular weight excluding hydrogens is 689 g/mol. The van der Waals surface area contributed by atoms with Crippen molar-refractivity contribution in [1.82, 2.24) is 19.9 Å². The van der Waals surface area contributed by atoms with Crippen molar-refractivity contribution in [2.45, 2.75) is 0 Å². The molecule has 0 aliphatic heterocycles. The van der Waals surface area contributed by atoms with Crippen molar-refractivity contribution >= 4 is 75.0 Å². The number of fused-ring (bicyclic) bond motifs is 7. The topological polar surface area (TPSA) is 64.7 Å². The lowest BCUT2D eigenvalue weighted by molar-refractivity contribution is 0.669. The lowest BCUT2D eigenvalue weighted by Gasteiger charge is -2.10. The summed E-state index contributed by atoms with van der Waals surface area (Å²) in [5.41, 5.74) is 8.74. The van der Waals surface area contributed by atoms with Gasteiger partial charge in [-0.15, -0.1) is 22.7 Å². The highest BCUT2D eigenvalue weighted by Gasteiger charge is 2.20. The van der Waals surface area contributed by atoms with E-state index in [4.69, 9.17) is 24.4 Å². The minimum absolute atomic E-state index is 0.600. The van der Waals surface area contributed by atoms with Crippen LogP contribution in [-0.4, -0.2) is 19.9 Å². The standard InChI is InChI=1S/C46H26N4OS2/c1-2-11-27(12-3-1)43-48-44(50-45(49-43)34-18-9-16-32-31-15-4-6-21-39(31)52-42(32)34)33-17-10-20-38-41(33)35-26-29(23-24-37(35)51-38)28-13-8-14-30(25-28)46-47-36-19-5-7-22-40(36)53-46/h1-26H. The largest absolute Gasteiger partial charge is 0.456 e. The summed E-state index contributed by atoms with van der Waals surface area (Å²) in [6.07, 6.45) is 0. The van der Waals surface area contributed by atoms with E-state index in [-0.39, 0.29) is 0 Å². The average Bonchev–Trinajstić information content (AvgIpc) is 3.94. The number of hydrogen-bond acceptors (Lipinski definition) is 7. The highest BCUT2D eigenvalue weighted by molar-refractivity contribution is 7.26. The van der Waals surface area contributed by atoms with Crippen molar-refractivity contribution in [1.29, 1.82) is 0 Å². The SMILES string of the molecule is c1ccc(-c2nc(-c3cccc4c3sc3ccccc34)nc(-c3cccc4oc5ccc(-c6cccc(-c7nc8ccccc8s7)c6)cc5c34)n2)cc1. The summed E-state index contributed by atoms with van der Waals surface area (Å²) in [6, 6.07) is 54.5. The maximum absolute atomic E-state index is 6.48. The molecule has 7 aromatic carbocycles. The van der Waals surface area contributed by atoms with Gasteiger partial charge in [-0.1, -0.05) is 109 Å². The second-order valence-electron chi connectivity index (χ2n) is 13.0. The third kappa shape index (κ3) is 5.04. The second-order valence-corrected chi connectivity index (χ2v) is 15.1. The summed E-state index contributed by atoms with van der Waals surface area (Å²) in [4.78, 5) is 20.4. The summed E-state index contributed by atoms with van der Waals surface area (Å²) < 4.78 is 10.1. The Bertz CT molecular complexity index is 3160. The van der Waals surface area contributed by atoms with Gasteiger partial charge >= 0.3 is 0 Å². The fourth-order valence-electron chi connectivity index (χ4n) is 7.28. The Morgan fingerprint density at radius 3 is 1.98 bits per heavy atom. The Labute approximate surface area is 311 Å². The van der Waals surface area contributed by atoms with Gasteiger partial charge in [-0.25, -0.2) is 19.9 Å². The maximum Gasteiger partial charge on any atom is 0.165 e. The van der Waals surface area contributed by atoms with Crippen molar-refractivity contribution in [3.63, 3.8) is 0 Å². The molecule has 0 spiro atoms. The van der Waals surface area contributed by atoms with E-state index in [1.807, 2.05) is 48.5 Å². The summed E-state index contributed by atoms with van der Waals surface area (Å²) in [7, 11) is 0. The van der Waals surface area contributed by atoms with E-state index in [0.29, 0.717) is 17.5 Å². The molecule has 11 rings (SSSR count). The molecule has 0 bridgehead atoms. The third-order valence-electron chi connectivity index (χ3n) is 9.79. The Kier molecular flexibility index (Phi) is 6.83. The van der Waals surface area contributed by atoms with Gasteiger partial charge in [-0.2, -0.15) is 0 Å². The molecule has 53 heavy (non-hydrogen) atoms. The molecule has 0 aliphatic rings. The molecule has 0 unspecified atom stereocenters. The molecule has 0 saturated heterocycles. The van der Waals surface area contributed by atoms with Crippen LogP contribution in [0.1, 0.15) is 0 Å². The smallest absolute Gasteiger partial charge is 0.165 e. The lowest BCUT2D eigenvalue weighted by Crippen LogP contribution is -2.00. The summed E-state index contributed by atoms with van der Waals surface area (Å²) in [6.45, 7) is 0. The summed E-state index contributed by atoms with van der Waals surface area (Å²) in [5, 5.41) is 5.43. The average molecular weight is 715 g/mol. The first-order valence-corrected chi connectivity index (χ1v) is 19.0. The van der Waals surface area contributed by atoms with Gasteiger partial charge in [0.05, 0.1) is 10.2 Å². The van der Waals surface area contributed by atoms with Crippen LogP contribution in [-0.2, 0) is 0 Å². The van der Waals surface area contributed by atoms with E-state index in [2.05, 4.69) is 109 Å². The minimum atomic E-state index is 0.600. The highest BCUT2D eigenvalue weighted by atomic mass is 32.1. The number of furan rings is 1. The Balaban J connectivity index is 1.10. The lowest BCUT2D eigenvalue weighted by atomic mass is 9.99. The van der Waals surface area contributed by atoms with Crippen LogP contribution in [0.15, 0.2) is 162 Å². The molecule has 4 aromatic heterocycles. The van der Waals surface area contributed by atoms with Crippen molar-refractivity contribution in [3.8, 4) is 55.9 Å². The highest BCUT2D eigenvalue weighted by Crippen LogP contribution is 2.42. The van der Waals surface area contributed by atoms with Crippen molar-refractivity contribution < 1.29 is 4.42 Å². The molecule has 0 saturated carbocycles. The number of thiazole rings is 1. The number of benzene rings is 7. The molecule has 4 heterocycles. The molecule has 0 fully saturated rings. The fourth-order valence-corrected chi connectivity index (χ4v) is 9.45. The first-order valence-electron chi connectivity index (χ1n) is 17.4. The third-order valence-corrected chi connectivity index (χ3v) is 12.1. The quantitative estimate of drug-likeness (QED) is 0.178. The molecule has 0 N–H and O–H groups in total. The van der Waals surface area contributed by atoms with Gasteiger partial charge in [-0.3, -0.25) is 0 Å². The van der Waals surface area contributed by atoms with E-state index in [9.17, 15) is 0 Å². The zero-order valence-electron chi connectivity index (χ0n) is 28.0. The van der Waals surface area contributed by atoms with Crippen LogP contribution >= 0.6 is 22.7 Å². The molecule has 0 radical (unpaired) electrons. The van der Waals surface area contributed by atoms with Gasteiger partial charge < -0.3 is 4.42 Å². The Morgan fingerprint density at radius 1 is 0.396 bits per heavy atom. The number of thiophene rings is 1. The van der Waals surface area contributed by atoms with Crippen molar-refractivity contribution in [3.05, 3.63) is 158 Å². The zero-order chi connectivity index (χ0) is 34.9. The van der Waals surface area contributed by atoms with Crippen LogP contribution in [0, 0.1) is 0 Å². The molecule has 5 nitrogen and oxygen atoms in total. The van der Waals surface area contributed by atoms with E-state index in [0.717, 1.165) is 70.5 Å². The van der Waals surface area contributed by atoms with E-state index in [1.165, 1.54) is 20.2 Å². The minimum Gasteiger partial charge on any atom is -0.456 e. The maximum atomic E-state index is 6.48. The molecule has 0 amide bonds. The Hall–Kier alpha value is -6.54. The van der Waals surface area contributed by atoms with E-state index < -0.39 is 0 Å². The Morgan fingerprint density at radius 2 is 1.08 bits per heavy atom. The van der Waals surface area contributed by atoms with Crippen LogP contribution in [0.25, 0.3) is 108 Å². The van der Waals surface area contributed by atoms with Crippen molar-refractivity contribution in [2.75, 3.05) is 0 Å². The predicted octanol–water partition coefficient (Wildman–Crippen LogP) is 13.1. The number of para-hydroxylation sites is 1. The van der Waals surface area contributed by atoms with Gasteiger partial charge in [0.25, 0.3) is 0 Å². The van der Waals surface area contributed by atoms with Crippen LogP contribution in [0.4, 0.5) is 0 Å². The first-order chi connectivity index (χ1) is 26.2.